The van der Waals surface area contributed by atoms with Crippen LogP contribution in [0, 0.1) is 0 Å². The lowest BCUT2D eigenvalue weighted by atomic mass is 10.2. The Kier molecular flexibility index (Phi) is 6.82. The standard InChI is InChI=1S/C17H13Cl3N2O3/c1-10(17(24)22-16-14(20)8-13(19)9-21-16)25-15(23)7-4-11-2-5-12(18)6-3-11/h2-10H,1H3,(H,21,22,24)/b7-4+/t10-/m1/s1. The molecule has 1 atom stereocenters. The number of carbonyl (C=O) groups is 2. The number of aromatic nitrogens is 1. The second-order valence-corrected chi connectivity index (χ2v) is 6.22. The maximum absolute atomic E-state index is 12.0. The molecule has 25 heavy (non-hydrogen) atoms. The van der Waals surface area contributed by atoms with Gasteiger partial charge in [0.15, 0.2) is 11.9 Å². The molecule has 0 saturated heterocycles. The van der Waals surface area contributed by atoms with Crippen molar-refractivity contribution in [2.24, 2.45) is 0 Å². The van der Waals surface area contributed by atoms with Crippen LogP contribution in [0.5, 0.6) is 0 Å². The van der Waals surface area contributed by atoms with E-state index in [1.165, 1.54) is 25.3 Å². The molecule has 0 aliphatic rings. The molecule has 0 aliphatic carbocycles. The number of hydrogen-bond donors (Lipinski definition) is 1. The predicted molar refractivity (Wildman–Crippen MR) is 98.9 cm³/mol. The first-order valence-electron chi connectivity index (χ1n) is 7.11. The van der Waals surface area contributed by atoms with E-state index in [2.05, 4.69) is 10.3 Å². The number of nitrogens with zero attached hydrogens (tertiary/aromatic N) is 1. The Morgan fingerprint density at radius 3 is 2.48 bits per heavy atom. The molecule has 8 heteroatoms. The molecule has 1 amide bonds. The van der Waals surface area contributed by atoms with Gasteiger partial charge >= 0.3 is 5.97 Å². The highest BCUT2D eigenvalue weighted by Gasteiger charge is 2.18. The first-order valence-corrected chi connectivity index (χ1v) is 8.24. The number of rotatable bonds is 5. The summed E-state index contributed by atoms with van der Waals surface area (Å²) in [6.07, 6.45) is 3.09. The summed E-state index contributed by atoms with van der Waals surface area (Å²) in [4.78, 5) is 27.7. The Hall–Kier alpha value is -2.08. The smallest absolute Gasteiger partial charge is 0.331 e. The number of carbonyl (C=O) groups excluding carboxylic acids is 2. The maximum Gasteiger partial charge on any atom is 0.331 e. The second-order valence-electron chi connectivity index (χ2n) is 4.94. The molecule has 0 unspecified atom stereocenters. The van der Waals surface area contributed by atoms with E-state index >= 15 is 0 Å². The molecule has 1 aromatic carbocycles. The Morgan fingerprint density at radius 1 is 1.16 bits per heavy atom. The van der Waals surface area contributed by atoms with E-state index in [0.717, 1.165) is 5.56 Å². The summed E-state index contributed by atoms with van der Waals surface area (Å²) in [7, 11) is 0. The van der Waals surface area contributed by atoms with Crippen LogP contribution < -0.4 is 5.32 Å². The predicted octanol–water partition coefficient (Wildman–Crippen LogP) is 4.63. The molecule has 2 rings (SSSR count). The van der Waals surface area contributed by atoms with Crippen molar-refractivity contribution in [1.29, 1.82) is 0 Å². The zero-order chi connectivity index (χ0) is 18.4. The molecular formula is C17H13Cl3N2O3. The third kappa shape index (κ3) is 6.05. The van der Waals surface area contributed by atoms with Crippen molar-refractivity contribution in [3.8, 4) is 0 Å². The molecule has 0 radical (unpaired) electrons. The number of halogens is 3. The largest absolute Gasteiger partial charge is 0.449 e. The lowest BCUT2D eigenvalue weighted by Gasteiger charge is -2.12. The first-order chi connectivity index (χ1) is 11.8. The van der Waals surface area contributed by atoms with Crippen molar-refractivity contribution >= 4 is 58.6 Å². The Balaban J connectivity index is 1.91. The van der Waals surface area contributed by atoms with Gasteiger partial charge in [-0.3, -0.25) is 4.79 Å². The van der Waals surface area contributed by atoms with Gasteiger partial charge in [-0.05, 0) is 36.8 Å². The van der Waals surface area contributed by atoms with E-state index < -0.39 is 18.0 Å². The Morgan fingerprint density at radius 2 is 1.84 bits per heavy atom. The van der Waals surface area contributed by atoms with Crippen LogP contribution in [-0.2, 0) is 14.3 Å². The van der Waals surface area contributed by atoms with Crippen LogP contribution >= 0.6 is 34.8 Å². The van der Waals surface area contributed by atoms with E-state index in [9.17, 15) is 9.59 Å². The number of esters is 1. The molecule has 130 valence electrons. The number of ether oxygens (including phenoxy) is 1. The molecule has 0 saturated carbocycles. The van der Waals surface area contributed by atoms with Crippen molar-refractivity contribution in [1.82, 2.24) is 4.98 Å². The van der Waals surface area contributed by atoms with Gasteiger partial charge in [-0.25, -0.2) is 9.78 Å². The first kappa shape index (κ1) is 19.2. The van der Waals surface area contributed by atoms with Gasteiger partial charge < -0.3 is 10.1 Å². The highest BCUT2D eigenvalue weighted by molar-refractivity contribution is 6.36. The number of pyridine rings is 1. The van der Waals surface area contributed by atoms with Crippen molar-refractivity contribution in [3.05, 3.63) is 63.2 Å². The summed E-state index contributed by atoms with van der Waals surface area (Å²) in [5, 5.41) is 3.59. The maximum atomic E-state index is 12.0. The molecule has 1 N–H and O–H groups in total. The van der Waals surface area contributed by atoms with Crippen LogP contribution in [0.4, 0.5) is 5.82 Å². The molecule has 0 aliphatic heterocycles. The number of benzene rings is 1. The van der Waals surface area contributed by atoms with E-state index in [0.29, 0.717) is 10.0 Å². The van der Waals surface area contributed by atoms with E-state index in [1.807, 2.05) is 0 Å². The zero-order valence-electron chi connectivity index (χ0n) is 13.0. The van der Waals surface area contributed by atoms with Crippen LogP contribution in [0.15, 0.2) is 42.6 Å². The summed E-state index contributed by atoms with van der Waals surface area (Å²) in [5.41, 5.74) is 0.774. The molecule has 1 heterocycles. The van der Waals surface area contributed by atoms with Gasteiger partial charge in [-0.15, -0.1) is 0 Å². The van der Waals surface area contributed by atoms with Crippen LogP contribution in [0.25, 0.3) is 6.08 Å². The van der Waals surface area contributed by atoms with Crippen LogP contribution in [0.1, 0.15) is 12.5 Å². The summed E-state index contributed by atoms with van der Waals surface area (Å²) < 4.78 is 5.03. The molecule has 5 nitrogen and oxygen atoms in total. The van der Waals surface area contributed by atoms with Gasteiger partial charge in [0.2, 0.25) is 0 Å². The fraction of sp³-hybridized carbons (Fsp3) is 0.118. The summed E-state index contributed by atoms with van der Waals surface area (Å²) in [6, 6.07) is 8.33. The Labute approximate surface area is 159 Å². The SMILES string of the molecule is C[C@@H](OC(=O)/C=C/c1ccc(Cl)cc1)C(=O)Nc1ncc(Cl)cc1Cl. The second kappa shape index (κ2) is 8.85. The number of nitrogens with one attached hydrogen (secondary N) is 1. The zero-order valence-corrected chi connectivity index (χ0v) is 15.3. The van der Waals surface area contributed by atoms with Gasteiger partial charge in [-0.2, -0.15) is 0 Å². The molecule has 0 fully saturated rings. The highest BCUT2D eigenvalue weighted by atomic mass is 35.5. The number of amides is 1. The monoisotopic (exact) mass is 398 g/mol. The lowest BCUT2D eigenvalue weighted by Crippen LogP contribution is -2.29. The highest BCUT2D eigenvalue weighted by Crippen LogP contribution is 2.22. The average Bonchev–Trinajstić information content (AvgIpc) is 2.56. The summed E-state index contributed by atoms with van der Waals surface area (Å²) in [6.45, 7) is 1.44. The molecule has 2 aromatic rings. The third-order valence-electron chi connectivity index (χ3n) is 2.99. The fourth-order valence-corrected chi connectivity index (χ4v) is 2.28. The van der Waals surface area contributed by atoms with Gasteiger partial charge in [0.25, 0.3) is 5.91 Å². The number of anilines is 1. The average molecular weight is 400 g/mol. The normalized spacial score (nSPS) is 12.0. The summed E-state index contributed by atoms with van der Waals surface area (Å²) in [5.74, 6) is -1.09. The van der Waals surface area contributed by atoms with Crippen LogP contribution in [-0.4, -0.2) is 23.0 Å². The minimum atomic E-state index is -1.03. The minimum absolute atomic E-state index is 0.135. The van der Waals surface area contributed by atoms with Gasteiger partial charge in [0.05, 0.1) is 10.0 Å². The van der Waals surface area contributed by atoms with Crippen molar-refractivity contribution in [3.63, 3.8) is 0 Å². The van der Waals surface area contributed by atoms with E-state index in [-0.39, 0.29) is 10.8 Å². The molecule has 0 spiro atoms. The van der Waals surface area contributed by atoms with Crippen molar-refractivity contribution < 1.29 is 14.3 Å². The molecule has 0 bridgehead atoms. The quantitative estimate of drug-likeness (QED) is 0.588. The number of hydrogen-bond acceptors (Lipinski definition) is 4. The molecular weight excluding hydrogens is 387 g/mol. The minimum Gasteiger partial charge on any atom is -0.449 e. The van der Waals surface area contributed by atoms with Crippen LogP contribution in [0.3, 0.4) is 0 Å². The third-order valence-corrected chi connectivity index (χ3v) is 3.74. The summed E-state index contributed by atoms with van der Waals surface area (Å²) >= 11 is 17.4. The van der Waals surface area contributed by atoms with Gasteiger partial charge in [0.1, 0.15) is 0 Å². The van der Waals surface area contributed by atoms with Crippen molar-refractivity contribution in [2.45, 2.75) is 13.0 Å². The fourth-order valence-electron chi connectivity index (χ4n) is 1.73. The van der Waals surface area contributed by atoms with Crippen LogP contribution in [0.2, 0.25) is 15.1 Å². The van der Waals surface area contributed by atoms with Crippen molar-refractivity contribution in [2.75, 3.05) is 5.32 Å². The Bertz CT molecular complexity index is 807. The molecule has 1 aromatic heterocycles. The lowest BCUT2D eigenvalue weighted by molar-refractivity contribution is -0.148. The van der Waals surface area contributed by atoms with E-state index in [4.69, 9.17) is 39.5 Å². The topological polar surface area (TPSA) is 68.3 Å². The van der Waals surface area contributed by atoms with Gasteiger partial charge in [0, 0.05) is 17.3 Å². The van der Waals surface area contributed by atoms with E-state index in [1.54, 1.807) is 30.3 Å². The van der Waals surface area contributed by atoms with Gasteiger partial charge in [-0.1, -0.05) is 46.9 Å².